The van der Waals surface area contributed by atoms with Gasteiger partial charge in [0.2, 0.25) is 5.91 Å². The molecule has 0 aliphatic heterocycles. The second-order valence-corrected chi connectivity index (χ2v) is 7.91. The van der Waals surface area contributed by atoms with E-state index < -0.39 is 0 Å². The number of anilines is 2. The molecule has 0 atom stereocenters. The monoisotopic (exact) mass is 423 g/mol. The second-order valence-electron chi connectivity index (χ2n) is 6.97. The van der Waals surface area contributed by atoms with Crippen LogP contribution in [0.4, 0.5) is 11.4 Å². The summed E-state index contributed by atoms with van der Waals surface area (Å²) in [5.41, 5.74) is 4.19. The molecule has 0 radical (unpaired) electrons. The van der Waals surface area contributed by atoms with Crippen LogP contribution in [0.3, 0.4) is 0 Å². The van der Waals surface area contributed by atoms with Gasteiger partial charge < -0.3 is 14.8 Å². The highest BCUT2D eigenvalue weighted by molar-refractivity contribution is 7.99. The minimum atomic E-state index is -0.0573. The Balaban J connectivity index is 1.61. The third-order valence-electron chi connectivity index (χ3n) is 4.95. The van der Waals surface area contributed by atoms with Crippen LogP contribution < -0.4 is 10.2 Å². The first kappa shape index (κ1) is 21.9. The summed E-state index contributed by atoms with van der Waals surface area (Å²) in [6, 6.07) is 16.2. The van der Waals surface area contributed by atoms with Gasteiger partial charge in [0, 0.05) is 36.6 Å². The first-order chi connectivity index (χ1) is 14.5. The lowest BCUT2D eigenvalue weighted by molar-refractivity contribution is -0.113. The zero-order valence-corrected chi connectivity index (χ0v) is 18.9. The number of aryl methyl sites for hydroxylation is 1. The molecular weight excluding hydrogens is 394 g/mol. The maximum Gasteiger partial charge on any atom is 0.234 e. The fourth-order valence-electron chi connectivity index (χ4n) is 3.27. The van der Waals surface area contributed by atoms with Crippen molar-refractivity contribution in [2.75, 3.05) is 29.1 Å². The molecule has 1 amide bonds. The SMILES string of the molecule is CCN(CC)c1ccc(NC(=O)CSc2nnc(-c3ccc(C)cc3)n2CC)cc1. The van der Waals surface area contributed by atoms with Gasteiger partial charge in [0.05, 0.1) is 5.75 Å². The molecule has 6 nitrogen and oxygen atoms in total. The molecule has 0 aliphatic rings. The lowest BCUT2D eigenvalue weighted by atomic mass is 10.1. The standard InChI is InChI=1S/C23H29N5OS/c1-5-27(6-2)20-14-12-19(13-15-20)24-21(29)16-30-23-26-25-22(28(23)7-3)18-10-8-17(4)9-11-18/h8-15H,5-7,16H2,1-4H3,(H,24,29). The van der Waals surface area contributed by atoms with Crippen LogP contribution in [-0.4, -0.2) is 39.5 Å². The van der Waals surface area contributed by atoms with E-state index in [1.165, 1.54) is 17.3 Å². The fraction of sp³-hybridized carbons (Fsp3) is 0.348. The van der Waals surface area contributed by atoms with Crippen molar-refractivity contribution >= 4 is 29.0 Å². The topological polar surface area (TPSA) is 63.1 Å². The summed E-state index contributed by atoms with van der Waals surface area (Å²) >= 11 is 1.40. The van der Waals surface area contributed by atoms with Gasteiger partial charge in [-0.2, -0.15) is 0 Å². The van der Waals surface area contributed by atoms with E-state index in [9.17, 15) is 4.79 Å². The molecule has 3 rings (SSSR count). The average molecular weight is 424 g/mol. The summed E-state index contributed by atoms with van der Waals surface area (Å²) in [5, 5.41) is 12.4. The van der Waals surface area contributed by atoms with E-state index in [2.05, 4.69) is 72.4 Å². The summed E-state index contributed by atoms with van der Waals surface area (Å²) in [7, 11) is 0. The Morgan fingerprint density at radius 2 is 1.67 bits per heavy atom. The smallest absolute Gasteiger partial charge is 0.234 e. The zero-order chi connectivity index (χ0) is 21.5. The average Bonchev–Trinajstić information content (AvgIpc) is 3.18. The summed E-state index contributed by atoms with van der Waals surface area (Å²) in [5.74, 6) is 1.05. The van der Waals surface area contributed by atoms with E-state index in [0.29, 0.717) is 0 Å². The van der Waals surface area contributed by atoms with Crippen molar-refractivity contribution in [3.63, 3.8) is 0 Å². The van der Waals surface area contributed by atoms with Crippen LogP contribution in [0.5, 0.6) is 0 Å². The van der Waals surface area contributed by atoms with Gasteiger partial charge in [-0.1, -0.05) is 41.6 Å². The van der Waals surface area contributed by atoms with Crippen LogP contribution >= 0.6 is 11.8 Å². The Kier molecular flexibility index (Phi) is 7.52. The fourth-order valence-corrected chi connectivity index (χ4v) is 4.07. The van der Waals surface area contributed by atoms with Gasteiger partial charge >= 0.3 is 0 Å². The number of hydrogen-bond acceptors (Lipinski definition) is 5. The normalized spacial score (nSPS) is 10.8. The number of rotatable bonds is 9. The molecule has 1 heterocycles. The number of nitrogens with zero attached hydrogens (tertiary/aromatic N) is 4. The van der Waals surface area contributed by atoms with Gasteiger partial charge in [-0.3, -0.25) is 4.79 Å². The Bertz CT molecular complexity index is 962. The Morgan fingerprint density at radius 1 is 1.00 bits per heavy atom. The van der Waals surface area contributed by atoms with E-state index in [0.717, 1.165) is 47.6 Å². The number of nitrogens with one attached hydrogen (secondary N) is 1. The molecule has 0 unspecified atom stereocenters. The molecule has 158 valence electrons. The van der Waals surface area contributed by atoms with E-state index in [-0.39, 0.29) is 11.7 Å². The van der Waals surface area contributed by atoms with Crippen LogP contribution in [0.15, 0.2) is 53.7 Å². The highest BCUT2D eigenvalue weighted by Gasteiger charge is 2.14. The van der Waals surface area contributed by atoms with E-state index >= 15 is 0 Å². The van der Waals surface area contributed by atoms with E-state index in [4.69, 9.17) is 0 Å². The number of amides is 1. The van der Waals surface area contributed by atoms with Crippen LogP contribution in [0.1, 0.15) is 26.3 Å². The van der Waals surface area contributed by atoms with Crippen LogP contribution in [0.2, 0.25) is 0 Å². The van der Waals surface area contributed by atoms with Gasteiger partial charge in [-0.15, -0.1) is 10.2 Å². The highest BCUT2D eigenvalue weighted by atomic mass is 32.2. The third kappa shape index (κ3) is 5.21. The summed E-state index contributed by atoms with van der Waals surface area (Å²) in [6.45, 7) is 11.1. The minimum Gasteiger partial charge on any atom is -0.372 e. The van der Waals surface area contributed by atoms with Crippen molar-refractivity contribution in [2.45, 2.75) is 39.4 Å². The zero-order valence-electron chi connectivity index (χ0n) is 18.1. The highest BCUT2D eigenvalue weighted by Crippen LogP contribution is 2.24. The number of hydrogen-bond donors (Lipinski definition) is 1. The molecule has 2 aromatic carbocycles. The molecule has 0 bridgehead atoms. The Hall–Kier alpha value is -2.80. The van der Waals surface area contributed by atoms with Crippen molar-refractivity contribution in [3.05, 3.63) is 54.1 Å². The third-order valence-corrected chi connectivity index (χ3v) is 5.92. The summed E-state index contributed by atoms with van der Waals surface area (Å²) in [6.07, 6.45) is 0. The predicted octanol–water partition coefficient (Wildman–Crippen LogP) is 4.85. The number of carbonyl (C=O) groups is 1. The van der Waals surface area contributed by atoms with Crippen molar-refractivity contribution in [1.29, 1.82) is 0 Å². The van der Waals surface area contributed by atoms with Gasteiger partial charge in [-0.05, 0) is 52.0 Å². The Labute approximate surface area is 182 Å². The second kappa shape index (κ2) is 10.3. The number of benzene rings is 2. The quantitative estimate of drug-likeness (QED) is 0.499. The van der Waals surface area contributed by atoms with Crippen LogP contribution in [-0.2, 0) is 11.3 Å². The molecule has 0 saturated carbocycles. The maximum absolute atomic E-state index is 12.4. The number of aromatic nitrogens is 3. The molecular formula is C23H29N5OS. The van der Waals surface area contributed by atoms with E-state index in [1.807, 2.05) is 28.8 Å². The molecule has 0 aliphatic carbocycles. The first-order valence-corrected chi connectivity index (χ1v) is 11.3. The van der Waals surface area contributed by atoms with Crippen molar-refractivity contribution in [3.8, 4) is 11.4 Å². The Morgan fingerprint density at radius 3 is 2.27 bits per heavy atom. The molecule has 0 saturated heterocycles. The molecule has 3 aromatic rings. The van der Waals surface area contributed by atoms with Crippen molar-refractivity contribution in [1.82, 2.24) is 14.8 Å². The molecule has 30 heavy (non-hydrogen) atoms. The largest absolute Gasteiger partial charge is 0.372 e. The summed E-state index contributed by atoms with van der Waals surface area (Å²) in [4.78, 5) is 14.7. The van der Waals surface area contributed by atoms with Crippen LogP contribution in [0, 0.1) is 6.92 Å². The summed E-state index contributed by atoms with van der Waals surface area (Å²) < 4.78 is 2.04. The molecule has 1 aromatic heterocycles. The lowest BCUT2D eigenvalue weighted by Crippen LogP contribution is -2.21. The molecule has 7 heteroatoms. The van der Waals surface area contributed by atoms with Crippen molar-refractivity contribution in [2.24, 2.45) is 0 Å². The van der Waals surface area contributed by atoms with Gasteiger partial charge in [0.1, 0.15) is 0 Å². The molecule has 1 N–H and O–H groups in total. The van der Waals surface area contributed by atoms with Crippen molar-refractivity contribution < 1.29 is 4.79 Å². The molecule has 0 spiro atoms. The maximum atomic E-state index is 12.4. The van der Waals surface area contributed by atoms with Gasteiger partial charge in [0.15, 0.2) is 11.0 Å². The number of thioether (sulfide) groups is 1. The van der Waals surface area contributed by atoms with E-state index in [1.54, 1.807) is 0 Å². The van der Waals surface area contributed by atoms with Gasteiger partial charge in [0.25, 0.3) is 0 Å². The van der Waals surface area contributed by atoms with Gasteiger partial charge in [-0.25, -0.2) is 0 Å². The van der Waals surface area contributed by atoms with Crippen LogP contribution in [0.25, 0.3) is 11.4 Å². The first-order valence-electron chi connectivity index (χ1n) is 10.3. The minimum absolute atomic E-state index is 0.0573. The molecule has 0 fully saturated rings. The lowest BCUT2D eigenvalue weighted by Gasteiger charge is -2.21. The predicted molar refractivity (Wildman–Crippen MR) is 125 cm³/mol. The number of carbonyl (C=O) groups excluding carboxylic acids is 1.